The summed E-state index contributed by atoms with van der Waals surface area (Å²) in [5.74, 6) is 1.55. The summed E-state index contributed by atoms with van der Waals surface area (Å²) in [6.45, 7) is 10.5. The molecule has 0 amide bonds. The largest absolute Gasteiger partial charge is 0.490 e. The van der Waals surface area contributed by atoms with Crippen LogP contribution in [0.15, 0.2) is 24.3 Å². The van der Waals surface area contributed by atoms with Crippen molar-refractivity contribution >= 4 is 0 Å². The zero-order valence-electron chi connectivity index (χ0n) is 12.2. The van der Waals surface area contributed by atoms with E-state index < -0.39 is 5.60 Å². The van der Waals surface area contributed by atoms with E-state index in [2.05, 4.69) is 19.9 Å². The fourth-order valence-corrected chi connectivity index (χ4v) is 1.63. The van der Waals surface area contributed by atoms with Crippen LogP contribution >= 0.6 is 0 Å². The second-order valence-corrected chi connectivity index (χ2v) is 5.65. The van der Waals surface area contributed by atoms with Gasteiger partial charge in [0, 0.05) is 0 Å². The predicted octanol–water partition coefficient (Wildman–Crippen LogP) is 3.99. The summed E-state index contributed by atoms with van der Waals surface area (Å²) in [6.07, 6.45) is 1.08. The van der Waals surface area contributed by atoms with Crippen LogP contribution in [0.5, 0.6) is 5.75 Å². The normalized spacial score (nSPS) is 16.4. The maximum Gasteiger partial charge on any atom is 0.122 e. The van der Waals surface area contributed by atoms with Gasteiger partial charge in [-0.15, -0.1) is 0 Å². The average Bonchev–Trinajstić information content (AvgIpc) is 2.35. The molecule has 1 rings (SSSR count). The van der Waals surface area contributed by atoms with Crippen molar-refractivity contribution in [3.63, 3.8) is 0 Å². The van der Waals surface area contributed by atoms with E-state index in [1.807, 2.05) is 39.0 Å². The van der Waals surface area contributed by atoms with Crippen molar-refractivity contribution < 1.29 is 9.84 Å². The van der Waals surface area contributed by atoms with Gasteiger partial charge < -0.3 is 9.84 Å². The lowest BCUT2D eigenvalue weighted by Crippen LogP contribution is -2.38. The molecule has 0 aromatic heterocycles. The lowest BCUT2D eigenvalue weighted by atomic mass is 9.93. The smallest absolute Gasteiger partial charge is 0.122 e. The molecular formula is C16H26O2. The molecule has 1 aromatic rings. The van der Waals surface area contributed by atoms with Gasteiger partial charge in [0.15, 0.2) is 0 Å². The Hall–Kier alpha value is -1.02. The molecule has 0 fully saturated rings. The van der Waals surface area contributed by atoms with Gasteiger partial charge in [0.2, 0.25) is 0 Å². The molecule has 0 aliphatic heterocycles. The maximum absolute atomic E-state index is 10.2. The third-order valence-electron chi connectivity index (χ3n) is 3.83. The minimum absolute atomic E-state index is 0.174. The molecule has 0 aliphatic rings. The number of hydrogen-bond acceptors (Lipinski definition) is 2. The Bertz CT molecular complexity index is 369. The number of benzene rings is 1. The molecule has 0 saturated carbocycles. The molecule has 2 heteroatoms. The second kappa shape index (κ2) is 6.24. The first kappa shape index (κ1) is 15.0. The highest BCUT2D eigenvalue weighted by Gasteiger charge is 2.26. The third kappa shape index (κ3) is 3.74. The number of para-hydroxylation sites is 1. The molecule has 1 N–H and O–H groups in total. The summed E-state index contributed by atoms with van der Waals surface area (Å²) in [7, 11) is 0. The minimum Gasteiger partial charge on any atom is -0.490 e. The van der Waals surface area contributed by atoms with E-state index in [-0.39, 0.29) is 5.92 Å². The first-order valence-corrected chi connectivity index (χ1v) is 6.82. The van der Waals surface area contributed by atoms with Crippen molar-refractivity contribution in [2.24, 2.45) is 5.92 Å². The number of ether oxygens (including phenoxy) is 1. The Labute approximate surface area is 111 Å². The first-order chi connectivity index (χ1) is 8.38. The summed E-state index contributed by atoms with van der Waals surface area (Å²) >= 11 is 0. The van der Waals surface area contributed by atoms with Crippen LogP contribution in [0.2, 0.25) is 0 Å². The minimum atomic E-state index is -0.789. The van der Waals surface area contributed by atoms with Gasteiger partial charge in [0.25, 0.3) is 0 Å². The van der Waals surface area contributed by atoms with E-state index in [0.29, 0.717) is 12.5 Å². The zero-order chi connectivity index (χ0) is 13.8. The van der Waals surface area contributed by atoms with Gasteiger partial charge in [-0.3, -0.25) is 0 Å². The van der Waals surface area contributed by atoms with Gasteiger partial charge in [0.05, 0.1) is 5.60 Å². The summed E-state index contributed by atoms with van der Waals surface area (Å²) in [4.78, 5) is 0. The molecule has 1 aromatic carbocycles. The SMILES string of the molecule is CCC(C)c1ccccc1OCC(C)(O)C(C)C. The third-order valence-corrected chi connectivity index (χ3v) is 3.83. The van der Waals surface area contributed by atoms with E-state index >= 15 is 0 Å². The lowest BCUT2D eigenvalue weighted by molar-refractivity contribution is -0.0269. The molecule has 2 atom stereocenters. The Morgan fingerprint density at radius 2 is 1.83 bits per heavy atom. The molecule has 102 valence electrons. The van der Waals surface area contributed by atoms with Crippen LogP contribution in [0.3, 0.4) is 0 Å². The van der Waals surface area contributed by atoms with Crippen molar-refractivity contribution in [3.8, 4) is 5.75 Å². The van der Waals surface area contributed by atoms with Crippen molar-refractivity contribution in [1.82, 2.24) is 0 Å². The van der Waals surface area contributed by atoms with Crippen molar-refractivity contribution in [1.29, 1.82) is 0 Å². The second-order valence-electron chi connectivity index (χ2n) is 5.65. The maximum atomic E-state index is 10.2. The first-order valence-electron chi connectivity index (χ1n) is 6.82. The average molecular weight is 250 g/mol. The molecule has 2 unspecified atom stereocenters. The molecule has 0 spiro atoms. The van der Waals surface area contributed by atoms with E-state index in [4.69, 9.17) is 4.74 Å². The summed E-state index contributed by atoms with van der Waals surface area (Å²) in [5.41, 5.74) is 0.433. The van der Waals surface area contributed by atoms with Crippen LogP contribution in [-0.2, 0) is 0 Å². The highest BCUT2D eigenvalue weighted by molar-refractivity contribution is 5.35. The van der Waals surface area contributed by atoms with Crippen LogP contribution < -0.4 is 4.74 Å². The Balaban J connectivity index is 2.79. The van der Waals surface area contributed by atoms with Gasteiger partial charge in [-0.25, -0.2) is 0 Å². The Morgan fingerprint density at radius 3 is 2.39 bits per heavy atom. The van der Waals surface area contributed by atoms with Crippen LogP contribution in [0.1, 0.15) is 52.5 Å². The lowest BCUT2D eigenvalue weighted by Gasteiger charge is -2.28. The molecule has 0 aliphatic carbocycles. The van der Waals surface area contributed by atoms with Crippen LogP contribution in [-0.4, -0.2) is 17.3 Å². The van der Waals surface area contributed by atoms with Gasteiger partial charge in [-0.1, -0.05) is 45.9 Å². The Morgan fingerprint density at radius 1 is 1.22 bits per heavy atom. The fraction of sp³-hybridized carbons (Fsp3) is 0.625. The standard InChI is InChI=1S/C16H26O2/c1-6-13(4)14-9-7-8-10-15(14)18-11-16(5,17)12(2)3/h7-10,12-13,17H,6,11H2,1-5H3. The molecule has 0 bridgehead atoms. The molecule has 0 radical (unpaired) electrons. The highest BCUT2D eigenvalue weighted by atomic mass is 16.5. The van der Waals surface area contributed by atoms with E-state index in [1.54, 1.807) is 0 Å². The van der Waals surface area contributed by atoms with Crippen LogP contribution in [0.25, 0.3) is 0 Å². The summed E-state index contributed by atoms with van der Waals surface area (Å²) in [6, 6.07) is 8.10. The van der Waals surface area contributed by atoms with Crippen LogP contribution in [0, 0.1) is 5.92 Å². The molecule has 0 saturated heterocycles. The summed E-state index contributed by atoms with van der Waals surface area (Å²) in [5, 5.41) is 10.2. The molecular weight excluding hydrogens is 224 g/mol. The topological polar surface area (TPSA) is 29.5 Å². The van der Waals surface area contributed by atoms with E-state index in [1.165, 1.54) is 5.56 Å². The monoisotopic (exact) mass is 250 g/mol. The van der Waals surface area contributed by atoms with E-state index in [0.717, 1.165) is 12.2 Å². The summed E-state index contributed by atoms with van der Waals surface area (Å²) < 4.78 is 5.84. The van der Waals surface area contributed by atoms with Crippen molar-refractivity contribution in [2.45, 2.75) is 52.6 Å². The molecule has 18 heavy (non-hydrogen) atoms. The van der Waals surface area contributed by atoms with Gasteiger partial charge in [-0.05, 0) is 36.8 Å². The number of hydrogen-bond donors (Lipinski definition) is 1. The number of rotatable bonds is 6. The van der Waals surface area contributed by atoms with E-state index in [9.17, 15) is 5.11 Å². The predicted molar refractivity (Wildman–Crippen MR) is 76.1 cm³/mol. The highest BCUT2D eigenvalue weighted by Crippen LogP contribution is 2.29. The fourth-order valence-electron chi connectivity index (χ4n) is 1.63. The van der Waals surface area contributed by atoms with Crippen LogP contribution in [0.4, 0.5) is 0 Å². The van der Waals surface area contributed by atoms with Crippen molar-refractivity contribution in [2.75, 3.05) is 6.61 Å². The number of aliphatic hydroxyl groups is 1. The van der Waals surface area contributed by atoms with Gasteiger partial charge in [-0.2, -0.15) is 0 Å². The Kier molecular flexibility index (Phi) is 5.21. The molecule has 2 nitrogen and oxygen atoms in total. The van der Waals surface area contributed by atoms with Gasteiger partial charge in [0.1, 0.15) is 12.4 Å². The zero-order valence-corrected chi connectivity index (χ0v) is 12.2. The van der Waals surface area contributed by atoms with Gasteiger partial charge >= 0.3 is 0 Å². The quantitative estimate of drug-likeness (QED) is 0.827. The molecule has 0 heterocycles. The van der Waals surface area contributed by atoms with Crippen molar-refractivity contribution in [3.05, 3.63) is 29.8 Å².